The molecule has 0 saturated carbocycles. The Kier molecular flexibility index (Phi) is 6.32. The van der Waals surface area contributed by atoms with Gasteiger partial charge in [-0.05, 0) is 50.2 Å². The van der Waals surface area contributed by atoms with Gasteiger partial charge in [0.25, 0.3) is 0 Å². The molecule has 0 aliphatic rings. The fourth-order valence-electron chi connectivity index (χ4n) is 2.53. The number of alkyl halides is 3. The van der Waals surface area contributed by atoms with Gasteiger partial charge in [0.05, 0.1) is 6.10 Å². The maximum absolute atomic E-state index is 13.4. The first-order valence-electron chi connectivity index (χ1n) is 8.91. The molecule has 0 unspecified atom stereocenters. The molecule has 1 aromatic heterocycles. The van der Waals surface area contributed by atoms with Gasteiger partial charge in [0.1, 0.15) is 16.3 Å². The minimum absolute atomic E-state index is 0.0504. The van der Waals surface area contributed by atoms with Crippen molar-refractivity contribution in [3.8, 4) is 5.75 Å². The van der Waals surface area contributed by atoms with Gasteiger partial charge in [-0.15, -0.1) is 0 Å². The zero-order chi connectivity index (χ0) is 21.0. The summed E-state index contributed by atoms with van der Waals surface area (Å²) in [5, 5.41) is -0.139. The number of hydrogen-bond donors (Lipinski definition) is 0. The molecule has 0 aliphatic carbocycles. The van der Waals surface area contributed by atoms with Gasteiger partial charge in [0.2, 0.25) is 5.95 Å². The van der Waals surface area contributed by atoms with Crippen molar-refractivity contribution in [1.82, 2.24) is 9.97 Å². The van der Waals surface area contributed by atoms with Gasteiger partial charge < -0.3 is 9.64 Å². The smallest absolute Gasteiger partial charge is 0.420 e. The predicted octanol–water partition coefficient (Wildman–Crippen LogP) is 6.20. The van der Waals surface area contributed by atoms with Gasteiger partial charge in [0.15, 0.2) is 0 Å². The molecule has 0 atom stereocenters. The second-order valence-corrected chi connectivity index (χ2v) is 7.58. The van der Waals surface area contributed by atoms with Crippen LogP contribution in [-0.2, 0) is 6.18 Å². The van der Waals surface area contributed by atoms with E-state index in [1.165, 1.54) is 0 Å². The van der Waals surface area contributed by atoms with E-state index >= 15 is 0 Å². The summed E-state index contributed by atoms with van der Waals surface area (Å²) in [6.07, 6.45) is -3.65. The average molecular weight is 419 g/mol. The van der Waals surface area contributed by atoms with Crippen LogP contribution in [0.2, 0.25) is 0 Å². The summed E-state index contributed by atoms with van der Waals surface area (Å²) in [6.45, 7) is 3.87. The Morgan fingerprint density at radius 1 is 1.00 bits per heavy atom. The van der Waals surface area contributed by atoms with E-state index in [2.05, 4.69) is 9.97 Å². The van der Waals surface area contributed by atoms with E-state index in [9.17, 15) is 13.2 Å². The Balaban J connectivity index is 1.92. The summed E-state index contributed by atoms with van der Waals surface area (Å²) in [6, 6.07) is 16.0. The predicted molar refractivity (Wildman–Crippen MR) is 108 cm³/mol. The van der Waals surface area contributed by atoms with Crippen LogP contribution in [0.4, 0.5) is 24.8 Å². The summed E-state index contributed by atoms with van der Waals surface area (Å²) in [7, 11) is 1.71. The van der Waals surface area contributed by atoms with Crippen molar-refractivity contribution >= 4 is 23.4 Å². The molecule has 0 radical (unpaired) electrons. The molecule has 2 aromatic carbocycles. The molecule has 3 aromatic rings. The normalized spacial score (nSPS) is 11.6. The molecular formula is C21H20F3N3OS. The van der Waals surface area contributed by atoms with Crippen molar-refractivity contribution in [2.45, 2.75) is 36.0 Å². The van der Waals surface area contributed by atoms with E-state index < -0.39 is 11.7 Å². The van der Waals surface area contributed by atoms with Crippen LogP contribution in [0.15, 0.2) is 70.7 Å². The molecular weight excluding hydrogens is 399 g/mol. The highest BCUT2D eigenvalue weighted by Gasteiger charge is 2.35. The van der Waals surface area contributed by atoms with E-state index in [1.807, 2.05) is 26.0 Å². The average Bonchev–Trinajstić information content (AvgIpc) is 2.67. The number of aromatic nitrogens is 2. The second kappa shape index (κ2) is 8.73. The van der Waals surface area contributed by atoms with Crippen LogP contribution < -0.4 is 9.64 Å². The van der Waals surface area contributed by atoms with Crippen molar-refractivity contribution < 1.29 is 17.9 Å². The Morgan fingerprint density at radius 3 is 2.24 bits per heavy atom. The number of halogens is 3. The Hall–Kier alpha value is -2.74. The zero-order valence-corrected chi connectivity index (χ0v) is 17.0. The summed E-state index contributed by atoms with van der Waals surface area (Å²) in [5.41, 5.74) is -0.124. The first-order valence-corrected chi connectivity index (χ1v) is 9.73. The molecule has 0 fully saturated rings. The quantitative estimate of drug-likeness (QED) is 0.445. The highest BCUT2D eigenvalue weighted by molar-refractivity contribution is 7.99. The first kappa shape index (κ1) is 21.0. The fourth-order valence-corrected chi connectivity index (χ4v) is 3.45. The molecule has 4 nitrogen and oxygen atoms in total. The number of anilines is 2. The third-order valence-corrected chi connectivity index (χ3v) is 4.91. The molecule has 0 N–H and O–H groups in total. The van der Waals surface area contributed by atoms with E-state index in [0.29, 0.717) is 10.6 Å². The van der Waals surface area contributed by atoms with Crippen LogP contribution in [0.1, 0.15) is 19.4 Å². The van der Waals surface area contributed by atoms with E-state index in [0.717, 1.165) is 23.6 Å². The molecule has 0 saturated heterocycles. The minimum atomic E-state index is -4.54. The van der Waals surface area contributed by atoms with Gasteiger partial charge in [-0.25, -0.2) is 9.97 Å². The monoisotopic (exact) mass is 419 g/mol. The van der Waals surface area contributed by atoms with E-state index in [1.54, 1.807) is 54.4 Å². The number of rotatable bonds is 6. The minimum Gasteiger partial charge on any atom is -0.491 e. The van der Waals surface area contributed by atoms with Crippen molar-refractivity contribution in [2.75, 3.05) is 11.9 Å². The number of nitrogens with zero attached hydrogens (tertiary/aromatic N) is 3. The van der Waals surface area contributed by atoms with Gasteiger partial charge in [-0.1, -0.05) is 30.0 Å². The summed E-state index contributed by atoms with van der Waals surface area (Å²) < 4.78 is 45.9. The first-order chi connectivity index (χ1) is 13.7. The Labute approximate surface area is 171 Å². The summed E-state index contributed by atoms with van der Waals surface area (Å²) in [4.78, 5) is 10.5. The Morgan fingerprint density at radius 2 is 1.66 bits per heavy atom. The third kappa shape index (κ3) is 5.41. The number of benzene rings is 2. The van der Waals surface area contributed by atoms with Gasteiger partial charge in [-0.2, -0.15) is 13.2 Å². The molecule has 29 heavy (non-hydrogen) atoms. The summed E-state index contributed by atoms with van der Waals surface area (Å²) >= 11 is 0.959. The van der Waals surface area contributed by atoms with E-state index in [-0.39, 0.29) is 17.1 Å². The maximum Gasteiger partial charge on any atom is 0.420 e. The molecule has 152 valence electrons. The van der Waals surface area contributed by atoms with Crippen molar-refractivity contribution in [2.24, 2.45) is 0 Å². The molecule has 0 aliphatic heterocycles. The van der Waals surface area contributed by atoms with Crippen LogP contribution in [0.5, 0.6) is 5.75 Å². The summed E-state index contributed by atoms with van der Waals surface area (Å²) in [5.74, 6) is 0.889. The van der Waals surface area contributed by atoms with Crippen LogP contribution in [0.25, 0.3) is 0 Å². The van der Waals surface area contributed by atoms with Crippen LogP contribution >= 0.6 is 11.8 Å². The van der Waals surface area contributed by atoms with E-state index in [4.69, 9.17) is 4.74 Å². The zero-order valence-electron chi connectivity index (χ0n) is 16.1. The lowest BCUT2D eigenvalue weighted by Gasteiger charge is -2.20. The fraction of sp³-hybridized carbons (Fsp3) is 0.238. The lowest BCUT2D eigenvalue weighted by molar-refractivity contribution is -0.140. The van der Waals surface area contributed by atoms with Crippen LogP contribution in [0, 0.1) is 0 Å². The number of hydrogen-bond acceptors (Lipinski definition) is 5. The third-order valence-electron chi connectivity index (χ3n) is 3.90. The lowest BCUT2D eigenvalue weighted by atomic mass is 10.3. The SMILES string of the molecule is CC(C)Oc1ccc(N(C)c2ncc(C(F)(F)F)c(Sc3ccccc3)n2)cc1. The molecule has 8 heteroatoms. The Bertz CT molecular complexity index is 948. The largest absolute Gasteiger partial charge is 0.491 e. The highest BCUT2D eigenvalue weighted by Crippen LogP contribution is 2.39. The maximum atomic E-state index is 13.4. The molecule has 0 spiro atoms. The lowest BCUT2D eigenvalue weighted by Crippen LogP contribution is -2.16. The van der Waals surface area contributed by atoms with Crippen molar-refractivity contribution in [3.63, 3.8) is 0 Å². The standard InChI is InChI=1S/C21H20F3N3OS/c1-14(2)28-16-11-9-15(10-12-16)27(3)20-25-13-18(21(22,23)24)19(26-20)29-17-7-5-4-6-8-17/h4-14H,1-3H3. The number of ether oxygens (including phenoxy) is 1. The molecule has 0 amide bonds. The van der Waals surface area contributed by atoms with Crippen LogP contribution in [-0.4, -0.2) is 23.1 Å². The van der Waals surface area contributed by atoms with Gasteiger partial charge >= 0.3 is 6.18 Å². The van der Waals surface area contributed by atoms with Crippen molar-refractivity contribution in [3.05, 3.63) is 66.4 Å². The molecule has 0 bridgehead atoms. The molecule has 1 heterocycles. The van der Waals surface area contributed by atoms with Crippen LogP contribution in [0.3, 0.4) is 0 Å². The van der Waals surface area contributed by atoms with Gasteiger partial charge in [-0.3, -0.25) is 0 Å². The van der Waals surface area contributed by atoms with Crippen molar-refractivity contribution in [1.29, 1.82) is 0 Å². The van der Waals surface area contributed by atoms with Gasteiger partial charge in [0, 0.05) is 23.8 Å². The second-order valence-electron chi connectivity index (χ2n) is 6.52. The molecule has 3 rings (SSSR count). The highest BCUT2D eigenvalue weighted by atomic mass is 32.2. The topological polar surface area (TPSA) is 38.2 Å².